The van der Waals surface area contributed by atoms with Crippen LogP contribution in [0.1, 0.15) is 58.3 Å². The third-order valence-corrected chi connectivity index (χ3v) is 4.25. The van der Waals surface area contributed by atoms with Gasteiger partial charge < -0.3 is 10.6 Å². The largest absolute Gasteiger partial charge is 0.354 e. The highest BCUT2D eigenvalue weighted by Gasteiger charge is 2.44. The van der Waals surface area contributed by atoms with Gasteiger partial charge in [-0.15, -0.1) is 12.4 Å². The molecule has 0 bridgehead atoms. The minimum Gasteiger partial charge on any atom is -0.354 e. The van der Waals surface area contributed by atoms with Gasteiger partial charge in [0.05, 0.1) is 0 Å². The third-order valence-electron chi connectivity index (χ3n) is 4.25. The van der Waals surface area contributed by atoms with Crippen molar-refractivity contribution in [3.05, 3.63) is 0 Å². The number of amides is 1. The molecular weight excluding hydrogens is 248 g/mol. The molecule has 0 unspecified atom stereocenters. The molecule has 0 aliphatic heterocycles. The molecular formula is C14H27ClN2O. The van der Waals surface area contributed by atoms with Gasteiger partial charge in [-0.05, 0) is 25.7 Å². The van der Waals surface area contributed by atoms with Crippen LogP contribution in [0, 0.1) is 5.41 Å². The average Bonchev–Trinajstić information content (AvgIpc) is 3.09. The summed E-state index contributed by atoms with van der Waals surface area (Å²) in [5.41, 5.74) is -0.0255. The second kappa shape index (κ2) is 7.34. The van der Waals surface area contributed by atoms with Crippen molar-refractivity contribution in [2.75, 3.05) is 13.1 Å². The second-order valence-electron chi connectivity index (χ2n) is 5.96. The number of halogens is 1. The molecule has 0 spiro atoms. The summed E-state index contributed by atoms with van der Waals surface area (Å²) in [4.78, 5) is 11.7. The smallest absolute Gasteiger partial charge is 0.225 e. The minimum atomic E-state index is -0.0255. The van der Waals surface area contributed by atoms with Gasteiger partial charge in [-0.25, -0.2) is 0 Å². The molecule has 0 aromatic carbocycles. The maximum atomic E-state index is 11.7. The van der Waals surface area contributed by atoms with E-state index in [-0.39, 0.29) is 23.7 Å². The maximum absolute atomic E-state index is 11.7. The van der Waals surface area contributed by atoms with Crippen LogP contribution in [0.2, 0.25) is 0 Å². The van der Waals surface area contributed by atoms with Gasteiger partial charge in [0.2, 0.25) is 5.91 Å². The van der Waals surface area contributed by atoms with Gasteiger partial charge in [-0.1, -0.05) is 32.6 Å². The number of hydrogen-bond donors (Lipinski definition) is 2. The van der Waals surface area contributed by atoms with E-state index in [4.69, 9.17) is 0 Å². The zero-order valence-corrected chi connectivity index (χ0v) is 12.3. The van der Waals surface area contributed by atoms with Gasteiger partial charge in [0, 0.05) is 24.5 Å². The van der Waals surface area contributed by atoms with Crippen molar-refractivity contribution >= 4 is 18.3 Å². The van der Waals surface area contributed by atoms with E-state index in [1.807, 2.05) is 0 Å². The van der Waals surface area contributed by atoms with Crippen LogP contribution in [0.5, 0.6) is 0 Å². The van der Waals surface area contributed by atoms with E-state index in [0.29, 0.717) is 6.04 Å². The van der Waals surface area contributed by atoms with Gasteiger partial charge in [0.15, 0.2) is 0 Å². The molecule has 2 N–H and O–H groups in total. The lowest BCUT2D eigenvalue weighted by Gasteiger charge is -2.17. The van der Waals surface area contributed by atoms with Gasteiger partial charge in [0.25, 0.3) is 0 Å². The van der Waals surface area contributed by atoms with Gasteiger partial charge in [-0.2, -0.15) is 0 Å². The summed E-state index contributed by atoms with van der Waals surface area (Å²) < 4.78 is 0. The number of rotatable bonds is 5. The summed E-state index contributed by atoms with van der Waals surface area (Å²) in [7, 11) is 0. The van der Waals surface area contributed by atoms with Crippen molar-refractivity contribution in [1.29, 1.82) is 0 Å². The van der Waals surface area contributed by atoms with E-state index in [0.717, 1.165) is 25.9 Å². The van der Waals surface area contributed by atoms with Crippen molar-refractivity contribution in [3.8, 4) is 0 Å². The first kappa shape index (κ1) is 15.8. The number of carbonyl (C=O) groups excluding carboxylic acids is 1. The van der Waals surface area contributed by atoms with Crippen LogP contribution in [0.15, 0.2) is 0 Å². The Bertz CT molecular complexity index is 259. The molecule has 2 aliphatic rings. The highest BCUT2D eigenvalue weighted by Crippen LogP contribution is 2.44. The van der Waals surface area contributed by atoms with Crippen LogP contribution in [0.3, 0.4) is 0 Å². The Hall–Kier alpha value is -0.280. The van der Waals surface area contributed by atoms with E-state index in [1.54, 1.807) is 0 Å². The van der Waals surface area contributed by atoms with Crippen LogP contribution in [-0.4, -0.2) is 25.0 Å². The fraction of sp³-hybridized carbons (Fsp3) is 0.929. The molecule has 3 nitrogen and oxygen atoms in total. The molecule has 0 heterocycles. The maximum Gasteiger partial charge on any atom is 0.225 e. The van der Waals surface area contributed by atoms with Crippen molar-refractivity contribution in [3.63, 3.8) is 0 Å². The molecule has 2 fully saturated rings. The lowest BCUT2D eigenvalue weighted by Crippen LogP contribution is -2.39. The quantitative estimate of drug-likeness (QED) is 0.598. The Kier molecular flexibility index (Phi) is 6.44. The molecule has 4 heteroatoms. The van der Waals surface area contributed by atoms with Crippen LogP contribution >= 0.6 is 12.4 Å². The van der Waals surface area contributed by atoms with E-state index in [1.165, 1.54) is 38.5 Å². The predicted octanol–water partition coefficient (Wildman–Crippen LogP) is 2.64. The molecule has 2 saturated carbocycles. The van der Waals surface area contributed by atoms with Crippen LogP contribution in [0.25, 0.3) is 0 Å². The molecule has 2 rings (SSSR count). The fourth-order valence-corrected chi connectivity index (χ4v) is 2.56. The van der Waals surface area contributed by atoms with Crippen LogP contribution in [0.4, 0.5) is 0 Å². The van der Waals surface area contributed by atoms with Crippen molar-refractivity contribution < 1.29 is 4.79 Å². The van der Waals surface area contributed by atoms with Crippen molar-refractivity contribution in [2.45, 2.75) is 64.3 Å². The average molecular weight is 275 g/mol. The molecule has 0 saturated heterocycles. The highest BCUT2D eigenvalue weighted by molar-refractivity contribution is 5.85. The third kappa shape index (κ3) is 4.77. The summed E-state index contributed by atoms with van der Waals surface area (Å²) in [6, 6.07) is 0.686. The zero-order chi connectivity index (χ0) is 12.1. The lowest BCUT2D eigenvalue weighted by atomic mass is 10.1. The summed E-state index contributed by atoms with van der Waals surface area (Å²) in [6.07, 6.45) is 10.3. The fourth-order valence-electron chi connectivity index (χ4n) is 2.56. The molecule has 0 atom stereocenters. The Morgan fingerprint density at radius 1 is 1.11 bits per heavy atom. The van der Waals surface area contributed by atoms with Crippen molar-refractivity contribution in [1.82, 2.24) is 10.6 Å². The van der Waals surface area contributed by atoms with E-state index in [9.17, 15) is 4.79 Å². The SMILES string of the molecule is CC1(C(=O)NCCNC2CCCCCC2)CC1.Cl. The molecule has 106 valence electrons. The molecule has 0 aromatic heterocycles. The molecule has 0 radical (unpaired) electrons. The number of hydrogen-bond acceptors (Lipinski definition) is 2. The first-order valence-corrected chi connectivity index (χ1v) is 7.22. The first-order valence-electron chi connectivity index (χ1n) is 7.22. The molecule has 2 aliphatic carbocycles. The monoisotopic (exact) mass is 274 g/mol. The Morgan fingerprint density at radius 3 is 2.28 bits per heavy atom. The summed E-state index contributed by atoms with van der Waals surface area (Å²) in [5, 5.41) is 6.61. The van der Waals surface area contributed by atoms with Gasteiger partial charge in [-0.3, -0.25) is 4.79 Å². The van der Waals surface area contributed by atoms with Crippen LogP contribution in [-0.2, 0) is 4.79 Å². The second-order valence-corrected chi connectivity index (χ2v) is 5.96. The number of carbonyl (C=O) groups is 1. The van der Waals surface area contributed by atoms with Gasteiger partial charge >= 0.3 is 0 Å². The first-order chi connectivity index (χ1) is 8.21. The van der Waals surface area contributed by atoms with E-state index < -0.39 is 0 Å². The Balaban J connectivity index is 0.00000162. The standard InChI is InChI=1S/C14H26N2O.ClH/c1-14(8-9-14)13(17)16-11-10-15-12-6-4-2-3-5-7-12;/h12,15H,2-11H2,1H3,(H,16,17);1H. The lowest BCUT2D eigenvalue weighted by molar-refractivity contribution is -0.125. The van der Waals surface area contributed by atoms with Gasteiger partial charge in [0.1, 0.15) is 0 Å². The molecule has 18 heavy (non-hydrogen) atoms. The Labute approximate surface area is 117 Å². The van der Waals surface area contributed by atoms with Crippen molar-refractivity contribution in [2.24, 2.45) is 5.41 Å². The van der Waals surface area contributed by atoms with E-state index in [2.05, 4.69) is 17.6 Å². The normalized spacial score (nSPS) is 22.7. The summed E-state index contributed by atoms with van der Waals surface area (Å²) in [5.74, 6) is 0.250. The summed E-state index contributed by atoms with van der Waals surface area (Å²) in [6.45, 7) is 3.76. The molecule has 1 amide bonds. The predicted molar refractivity (Wildman–Crippen MR) is 77.1 cm³/mol. The van der Waals surface area contributed by atoms with Crippen LogP contribution < -0.4 is 10.6 Å². The summed E-state index contributed by atoms with van der Waals surface area (Å²) >= 11 is 0. The molecule has 0 aromatic rings. The number of nitrogens with one attached hydrogen (secondary N) is 2. The minimum absolute atomic E-state index is 0. The topological polar surface area (TPSA) is 41.1 Å². The zero-order valence-electron chi connectivity index (χ0n) is 11.5. The van der Waals surface area contributed by atoms with E-state index >= 15 is 0 Å². The highest BCUT2D eigenvalue weighted by atomic mass is 35.5. The Morgan fingerprint density at radius 2 is 1.72 bits per heavy atom.